The van der Waals surface area contributed by atoms with E-state index in [9.17, 15) is 14.4 Å². The van der Waals surface area contributed by atoms with Gasteiger partial charge in [-0.3, -0.25) is 4.79 Å². The van der Waals surface area contributed by atoms with E-state index in [0.717, 1.165) is 90.5 Å². The maximum Gasteiger partial charge on any atom is 0.514 e. The van der Waals surface area contributed by atoms with Gasteiger partial charge in [0.25, 0.3) is 0 Å². The van der Waals surface area contributed by atoms with Crippen LogP contribution >= 0.6 is 0 Å². The fourth-order valence-corrected chi connectivity index (χ4v) is 13.1. The van der Waals surface area contributed by atoms with Gasteiger partial charge in [-0.15, -0.1) is 0 Å². The molecule has 4 aromatic rings. The third-order valence-electron chi connectivity index (χ3n) is 16.0. The molecule has 9 bridgehead atoms. The summed E-state index contributed by atoms with van der Waals surface area (Å²) in [5.41, 5.74) is 1.16. The molecule has 10 heteroatoms. The molecule has 0 N–H and O–H groups in total. The van der Waals surface area contributed by atoms with Crippen molar-refractivity contribution in [3.05, 3.63) is 60.7 Å². The Morgan fingerprint density at radius 1 is 0.746 bits per heavy atom. The van der Waals surface area contributed by atoms with Crippen molar-refractivity contribution in [3.63, 3.8) is 0 Å². The summed E-state index contributed by atoms with van der Waals surface area (Å²) in [5.74, 6) is 3.73. The van der Waals surface area contributed by atoms with Crippen molar-refractivity contribution in [2.24, 2.45) is 46.3 Å². The smallest absolute Gasteiger partial charge is 0.496 e. The first kappa shape index (κ1) is 39.5. The predicted molar refractivity (Wildman–Crippen MR) is 223 cm³/mol. The van der Waals surface area contributed by atoms with Gasteiger partial charge >= 0.3 is 18.3 Å². The van der Waals surface area contributed by atoms with Gasteiger partial charge in [0.15, 0.2) is 0 Å². The second-order valence-corrected chi connectivity index (χ2v) is 18.4. The van der Waals surface area contributed by atoms with Crippen LogP contribution in [0.15, 0.2) is 60.7 Å². The van der Waals surface area contributed by atoms with E-state index in [2.05, 4.69) is 20.8 Å². The van der Waals surface area contributed by atoms with E-state index >= 15 is 0 Å². The van der Waals surface area contributed by atoms with Gasteiger partial charge in [0.2, 0.25) is 0 Å². The minimum Gasteiger partial charge on any atom is -0.496 e. The van der Waals surface area contributed by atoms with Crippen LogP contribution in [-0.2, 0) is 19.0 Å². The fourth-order valence-electron chi connectivity index (χ4n) is 13.1. The molecule has 6 aliphatic rings. The number of hydrogen-bond donors (Lipinski definition) is 0. The summed E-state index contributed by atoms with van der Waals surface area (Å²) in [5, 5.41) is 3.36. The molecule has 10 rings (SSSR count). The highest BCUT2D eigenvalue weighted by molar-refractivity contribution is 6.10. The molecule has 4 aromatic carbocycles. The molecule has 2 heterocycles. The van der Waals surface area contributed by atoms with Crippen LogP contribution < -0.4 is 18.9 Å². The Labute approximate surface area is 346 Å². The molecular formula is C49H56O10. The monoisotopic (exact) mass is 804 g/mol. The topological polar surface area (TPSA) is 116 Å². The van der Waals surface area contributed by atoms with E-state index in [1.54, 1.807) is 26.4 Å². The van der Waals surface area contributed by atoms with Crippen molar-refractivity contribution in [2.45, 2.75) is 97.2 Å². The normalized spacial score (nSPS) is 31.7. The number of carbonyl (C=O) groups excluding carboxylic acids is 3. The molecule has 312 valence electrons. The van der Waals surface area contributed by atoms with Crippen molar-refractivity contribution in [3.8, 4) is 34.1 Å². The zero-order valence-electron chi connectivity index (χ0n) is 35.0. The molecule has 0 saturated heterocycles. The first-order chi connectivity index (χ1) is 28.4. The summed E-state index contributed by atoms with van der Waals surface area (Å²) in [6.07, 6.45) is 6.45. The number of carbonyl (C=O) groups is 3. The molecule has 0 amide bonds. The summed E-state index contributed by atoms with van der Waals surface area (Å²) in [4.78, 5) is 40.1. The third-order valence-corrected chi connectivity index (χ3v) is 16.0. The van der Waals surface area contributed by atoms with Crippen LogP contribution in [0.3, 0.4) is 0 Å². The Morgan fingerprint density at radius 3 is 1.97 bits per heavy atom. The average Bonchev–Trinajstić information content (AvgIpc) is 3.60. The highest BCUT2D eigenvalue weighted by Gasteiger charge is 2.65. The van der Waals surface area contributed by atoms with Crippen LogP contribution in [0.4, 0.5) is 9.59 Å². The second kappa shape index (κ2) is 15.2. The number of hydrogen-bond acceptors (Lipinski definition) is 10. The molecule has 0 unspecified atom stereocenters. The SMILES string of the molecule is COC(=O)CC[C@@H](C)[C@H]1CC[C@H]2[C@@H]3CC[C@@H]4C[C@H]5CC[C@]4(C)[C@H]3C[C@H](OC(=O)Oc3ccc4ccc(OC)c(c4c3)-c3c(OC)ccc4ccc(cc34)OC(=O)O5)[C@]12C. The highest BCUT2D eigenvalue weighted by atomic mass is 16.7. The van der Waals surface area contributed by atoms with Crippen LogP contribution in [0.2, 0.25) is 0 Å². The summed E-state index contributed by atoms with van der Waals surface area (Å²) < 4.78 is 41.9. The molecule has 0 aromatic heterocycles. The Hall–Kier alpha value is -4.99. The molecule has 4 aliphatic carbocycles. The van der Waals surface area contributed by atoms with Gasteiger partial charge in [-0.05, 0) is 157 Å². The molecule has 10 atom stereocenters. The van der Waals surface area contributed by atoms with E-state index in [1.165, 1.54) is 7.11 Å². The fraction of sp³-hybridized carbons (Fsp3) is 0.531. The quantitative estimate of drug-likeness (QED) is 0.106. The van der Waals surface area contributed by atoms with Gasteiger partial charge in [-0.1, -0.05) is 45.0 Å². The zero-order chi connectivity index (χ0) is 41.2. The van der Waals surface area contributed by atoms with Gasteiger partial charge in [0.1, 0.15) is 35.2 Å². The van der Waals surface area contributed by atoms with Crippen molar-refractivity contribution in [1.29, 1.82) is 0 Å². The number of methoxy groups -OCH3 is 3. The lowest BCUT2D eigenvalue weighted by Crippen LogP contribution is -2.59. The standard InChI is InChI=1S/C49H56O10/c1-27(7-20-43(50)55-6)37-16-17-38-34-15-12-30-23-33-21-22-48(30,2)39(34)26-42(49(37,38)3)59-47(52)57-32-14-9-29-11-19-41(54-5)45(36(29)25-32)44-35-24-31(56-46(51)58-33)13-8-28(35)10-18-40(44)53-4/h8-11,13-14,18-19,24-25,27,30,33-34,37-39,42H,7,12,15-17,20-23,26H2,1-6H3/t27-,30-,33-,34+,37-,38+,39+,42+,48+,49-/m1/s1. The summed E-state index contributed by atoms with van der Waals surface area (Å²) in [6.45, 7) is 7.03. The van der Waals surface area contributed by atoms with E-state index in [-0.39, 0.29) is 40.8 Å². The average molecular weight is 805 g/mol. The van der Waals surface area contributed by atoms with Crippen LogP contribution in [0.25, 0.3) is 32.7 Å². The first-order valence-corrected chi connectivity index (χ1v) is 21.5. The number of rotatable bonds is 6. The van der Waals surface area contributed by atoms with Crippen LogP contribution in [0.1, 0.15) is 85.0 Å². The molecule has 59 heavy (non-hydrogen) atoms. The van der Waals surface area contributed by atoms with Gasteiger partial charge in [0.05, 0.1) is 21.3 Å². The second-order valence-electron chi connectivity index (χ2n) is 18.4. The molecule has 0 radical (unpaired) electrons. The van der Waals surface area contributed by atoms with Gasteiger partial charge in [-0.2, -0.15) is 0 Å². The maximum atomic E-state index is 14.3. The highest BCUT2D eigenvalue weighted by Crippen LogP contribution is 2.69. The Bertz CT molecular complexity index is 2300. The van der Waals surface area contributed by atoms with Crippen LogP contribution in [0, 0.1) is 46.3 Å². The first-order valence-electron chi connectivity index (χ1n) is 21.5. The largest absolute Gasteiger partial charge is 0.514 e. The zero-order valence-corrected chi connectivity index (χ0v) is 35.0. The number of ether oxygens (including phenoxy) is 7. The van der Waals surface area contributed by atoms with Crippen LogP contribution in [-0.4, -0.2) is 51.8 Å². The Morgan fingerprint density at radius 2 is 1.36 bits per heavy atom. The van der Waals surface area contributed by atoms with E-state index in [1.807, 2.05) is 48.5 Å². The number of esters is 1. The number of fused-ring (bicyclic) bond motifs is 7. The summed E-state index contributed by atoms with van der Waals surface area (Å²) >= 11 is 0. The molecule has 0 spiro atoms. The Balaban J connectivity index is 1.16. The van der Waals surface area contributed by atoms with Gasteiger partial charge in [0, 0.05) is 23.0 Å². The molecular weight excluding hydrogens is 749 g/mol. The van der Waals surface area contributed by atoms with E-state index < -0.39 is 12.3 Å². The minimum absolute atomic E-state index is 0.00549. The predicted octanol–water partition coefficient (Wildman–Crippen LogP) is 11.3. The molecule has 4 saturated carbocycles. The summed E-state index contributed by atoms with van der Waals surface area (Å²) in [6, 6.07) is 18.9. The lowest BCUT2D eigenvalue weighted by Gasteiger charge is -2.62. The third kappa shape index (κ3) is 6.65. The Kier molecular flexibility index (Phi) is 10.2. The lowest BCUT2D eigenvalue weighted by atomic mass is 9.43. The molecule has 4 fully saturated rings. The van der Waals surface area contributed by atoms with E-state index in [0.29, 0.717) is 53.1 Å². The van der Waals surface area contributed by atoms with Gasteiger partial charge in [-0.25, -0.2) is 9.59 Å². The van der Waals surface area contributed by atoms with Crippen molar-refractivity contribution in [2.75, 3.05) is 21.3 Å². The molecule has 10 nitrogen and oxygen atoms in total. The van der Waals surface area contributed by atoms with Crippen molar-refractivity contribution < 1.29 is 47.5 Å². The summed E-state index contributed by atoms with van der Waals surface area (Å²) in [7, 11) is 4.68. The van der Waals surface area contributed by atoms with Crippen molar-refractivity contribution in [1.82, 2.24) is 0 Å². The maximum absolute atomic E-state index is 14.3. The van der Waals surface area contributed by atoms with Crippen molar-refractivity contribution >= 4 is 39.8 Å². The molecule has 2 aliphatic heterocycles. The van der Waals surface area contributed by atoms with Crippen LogP contribution in [0.5, 0.6) is 23.0 Å². The number of benzene rings is 4. The van der Waals surface area contributed by atoms with E-state index in [4.69, 9.17) is 33.2 Å². The lowest BCUT2D eigenvalue weighted by molar-refractivity contribution is -0.178. The minimum atomic E-state index is -0.714. The van der Waals surface area contributed by atoms with Gasteiger partial charge < -0.3 is 33.2 Å².